The molecule has 0 aliphatic carbocycles. The summed E-state index contributed by atoms with van der Waals surface area (Å²) in [4.78, 5) is 4.03. The van der Waals surface area contributed by atoms with Crippen molar-refractivity contribution in [3.8, 4) is 5.75 Å². The molecular formula is C12H14FN3O2. The molecule has 1 heterocycles. The predicted octanol–water partition coefficient (Wildman–Crippen LogP) is 1.24. The monoisotopic (exact) mass is 251 g/mol. The van der Waals surface area contributed by atoms with E-state index in [-0.39, 0.29) is 5.75 Å². The van der Waals surface area contributed by atoms with Crippen molar-refractivity contribution >= 4 is 0 Å². The van der Waals surface area contributed by atoms with Gasteiger partial charge in [-0.05, 0) is 17.7 Å². The van der Waals surface area contributed by atoms with Gasteiger partial charge in [-0.3, -0.25) is 4.68 Å². The number of aromatic nitrogens is 3. The minimum Gasteiger partial charge on any atom is -0.494 e. The third kappa shape index (κ3) is 2.48. The van der Waals surface area contributed by atoms with Crippen LogP contribution >= 0.6 is 0 Å². The molecule has 0 aliphatic heterocycles. The number of halogens is 1. The van der Waals surface area contributed by atoms with Gasteiger partial charge in [0.25, 0.3) is 0 Å². The van der Waals surface area contributed by atoms with Crippen molar-refractivity contribution < 1.29 is 14.2 Å². The van der Waals surface area contributed by atoms with E-state index >= 15 is 0 Å². The maximum atomic E-state index is 13.2. The molecule has 18 heavy (non-hydrogen) atoms. The summed E-state index contributed by atoms with van der Waals surface area (Å²) in [7, 11) is 3.14. The Labute approximate surface area is 104 Å². The molecule has 96 valence electrons. The zero-order valence-electron chi connectivity index (χ0n) is 10.2. The maximum Gasteiger partial charge on any atom is 0.165 e. The molecule has 1 aromatic carbocycles. The number of benzene rings is 1. The van der Waals surface area contributed by atoms with Gasteiger partial charge in [-0.2, -0.15) is 5.10 Å². The molecular weight excluding hydrogens is 237 g/mol. The molecule has 2 rings (SSSR count). The fourth-order valence-electron chi connectivity index (χ4n) is 1.68. The van der Waals surface area contributed by atoms with Crippen LogP contribution in [0.4, 0.5) is 4.39 Å². The van der Waals surface area contributed by atoms with Crippen LogP contribution in [-0.2, 0) is 13.5 Å². The number of nitrogens with zero attached hydrogens (tertiary/aromatic N) is 3. The highest BCUT2D eigenvalue weighted by atomic mass is 19.1. The van der Waals surface area contributed by atoms with E-state index in [0.717, 1.165) is 0 Å². The zero-order chi connectivity index (χ0) is 13.1. The number of ether oxygens (including phenoxy) is 1. The topological polar surface area (TPSA) is 60.2 Å². The van der Waals surface area contributed by atoms with Crippen molar-refractivity contribution in [2.75, 3.05) is 7.11 Å². The van der Waals surface area contributed by atoms with Gasteiger partial charge in [0.2, 0.25) is 0 Å². The van der Waals surface area contributed by atoms with Crippen LogP contribution in [0.3, 0.4) is 0 Å². The third-order valence-electron chi connectivity index (χ3n) is 2.74. The Morgan fingerprint density at radius 1 is 1.50 bits per heavy atom. The first-order valence-corrected chi connectivity index (χ1v) is 5.46. The first kappa shape index (κ1) is 12.5. The summed E-state index contributed by atoms with van der Waals surface area (Å²) in [6.45, 7) is 0. The summed E-state index contributed by atoms with van der Waals surface area (Å²) < 4.78 is 19.7. The van der Waals surface area contributed by atoms with E-state index in [1.807, 2.05) is 0 Å². The molecule has 2 aromatic rings. The Kier molecular flexibility index (Phi) is 3.57. The highest BCUT2D eigenvalue weighted by molar-refractivity contribution is 5.31. The molecule has 6 heteroatoms. The van der Waals surface area contributed by atoms with E-state index in [2.05, 4.69) is 10.1 Å². The molecule has 5 nitrogen and oxygen atoms in total. The van der Waals surface area contributed by atoms with Gasteiger partial charge >= 0.3 is 0 Å². The largest absolute Gasteiger partial charge is 0.494 e. The molecule has 0 amide bonds. The van der Waals surface area contributed by atoms with Crippen LogP contribution in [0.25, 0.3) is 0 Å². The predicted molar refractivity (Wildman–Crippen MR) is 62.6 cm³/mol. The lowest BCUT2D eigenvalue weighted by Crippen LogP contribution is -2.08. The fourth-order valence-corrected chi connectivity index (χ4v) is 1.68. The van der Waals surface area contributed by atoms with Crippen molar-refractivity contribution in [2.24, 2.45) is 7.05 Å². The summed E-state index contributed by atoms with van der Waals surface area (Å²) in [5, 5.41) is 14.0. The summed E-state index contributed by atoms with van der Waals surface area (Å²) >= 11 is 0. The molecule has 0 saturated carbocycles. The van der Waals surface area contributed by atoms with Gasteiger partial charge in [0.1, 0.15) is 12.2 Å². The van der Waals surface area contributed by atoms with Crippen molar-refractivity contribution in [3.05, 3.63) is 41.7 Å². The highest BCUT2D eigenvalue weighted by Crippen LogP contribution is 2.24. The van der Waals surface area contributed by atoms with E-state index < -0.39 is 11.9 Å². The number of aryl methyl sites for hydroxylation is 1. The standard InChI is InChI=1S/C12H14FN3O2/c1-16-12(14-7-15-16)6-10(17)8-3-4-9(13)11(5-8)18-2/h3-5,7,10,17H,6H2,1-2H3. The normalized spacial score (nSPS) is 12.4. The molecule has 1 unspecified atom stereocenters. The zero-order valence-corrected chi connectivity index (χ0v) is 10.2. The Morgan fingerprint density at radius 2 is 2.28 bits per heavy atom. The van der Waals surface area contributed by atoms with Crippen LogP contribution in [0, 0.1) is 5.82 Å². The molecule has 1 N–H and O–H groups in total. The molecule has 0 aliphatic rings. The number of aliphatic hydroxyl groups is 1. The number of hydrogen-bond donors (Lipinski definition) is 1. The number of methoxy groups -OCH3 is 1. The van der Waals surface area contributed by atoms with Gasteiger partial charge in [0, 0.05) is 13.5 Å². The second-order valence-corrected chi connectivity index (χ2v) is 3.91. The summed E-state index contributed by atoms with van der Waals surface area (Å²) in [5.41, 5.74) is 0.580. The summed E-state index contributed by atoms with van der Waals surface area (Å²) in [6, 6.07) is 4.28. The lowest BCUT2D eigenvalue weighted by atomic mass is 10.1. The van der Waals surface area contributed by atoms with E-state index in [4.69, 9.17) is 4.74 Å². The molecule has 1 aromatic heterocycles. The lowest BCUT2D eigenvalue weighted by molar-refractivity contribution is 0.174. The number of hydrogen-bond acceptors (Lipinski definition) is 4. The van der Waals surface area contributed by atoms with Gasteiger partial charge in [-0.15, -0.1) is 0 Å². The number of aliphatic hydroxyl groups excluding tert-OH is 1. The highest BCUT2D eigenvalue weighted by Gasteiger charge is 2.14. The average molecular weight is 251 g/mol. The molecule has 0 spiro atoms. The Morgan fingerprint density at radius 3 is 2.89 bits per heavy atom. The number of rotatable bonds is 4. The van der Waals surface area contributed by atoms with Gasteiger partial charge < -0.3 is 9.84 Å². The third-order valence-corrected chi connectivity index (χ3v) is 2.74. The van der Waals surface area contributed by atoms with E-state index in [9.17, 15) is 9.50 Å². The van der Waals surface area contributed by atoms with Crippen molar-refractivity contribution in [2.45, 2.75) is 12.5 Å². The van der Waals surface area contributed by atoms with Gasteiger partial charge in [-0.1, -0.05) is 6.07 Å². The Bertz CT molecular complexity index is 542. The van der Waals surface area contributed by atoms with E-state index in [1.54, 1.807) is 11.7 Å². The van der Waals surface area contributed by atoms with E-state index in [0.29, 0.717) is 17.8 Å². The average Bonchev–Trinajstić information content (AvgIpc) is 2.75. The minimum absolute atomic E-state index is 0.115. The van der Waals surface area contributed by atoms with Gasteiger partial charge in [-0.25, -0.2) is 9.37 Å². The fraction of sp³-hybridized carbons (Fsp3) is 0.333. The summed E-state index contributed by atoms with van der Waals surface area (Å²) in [6.07, 6.45) is 0.959. The second-order valence-electron chi connectivity index (χ2n) is 3.91. The molecule has 0 saturated heterocycles. The Hall–Kier alpha value is -1.95. The smallest absolute Gasteiger partial charge is 0.165 e. The van der Waals surface area contributed by atoms with Crippen LogP contribution in [0.1, 0.15) is 17.5 Å². The minimum atomic E-state index is -0.776. The molecule has 1 atom stereocenters. The second kappa shape index (κ2) is 5.14. The Balaban J connectivity index is 2.18. The van der Waals surface area contributed by atoms with Crippen molar-refractivity contribution in [1.29, 1.82) is 0 Å². The SMILES string of the molecule is COc1cc(C(O)Cc2ncnn2C)ccc1F. The lowest BCUT2D eigenvalue weighted by Gasteiger charge is -2.12. The first-order chi connectivity index (χ1) is 8.61. The van der Waals surface area contributed by atoms with Gasteiger partial charge in [0.15, 0.2) is 11.6 Å². The van der Waals surface area contributed by atoms with Crippen LogP contribution in [-0.4, -0.2) is 27.0 Å². The van der Waals surface area contributed by atoms with Crippen LogP contribution in [0.2, 0.25) is 0 Å². The van der Waals surface area contributed by atoms with E-state index in [1.165, 1.54) is 31.6 Å². The first-order valence-electron chi connectivity index (χ1n) is 5.46. The molecule has 0 radical (unpaired) electrons. The maximum absolute atomic E-state index is 13.2. The summed E-state index contributed by atoms with van der Waals surface area (Å²) in [5.74, 6) is 0.322. The van der Waals surface area contributed by atoms with Crippen molar-refractivity contribution in [1.82, 2.24) is 14.8 Å². The van der Waals surface area contributed by atoms with Crippen molar-refractivity contribution in [3.63, 3.8) is 0 Å². The van der Waals surface area contributed by atoms with Crippen LogP contribution in [0.15, 0.2) is 24.5 Å². The quantitative estimate of drug-likeness (QED) is 0.888. The van der Waals surface area contributed by atoms with Crippen LogP contribution < -0.4 is 4.74 Å². The molecule has 0 fully saturated rings. The van der Waals surface area contributed by atoms with Gasteiger partial charge in [0.05, 0.1) is 13.2 Å². The van der Waals surface area contributed by atoms with Crippen LogP contribution in [0.5, 0.6) is 5.75 Å². The molecule has 0 bridgehead atoms.